The number of ether oxygens (including phenoxy) is 1. The van der Waals surface area contributed by atoms with Crippen molar-refractivity contribution >= 4 is 16.1 Å². The largest absolute Gasteiger partial charge is 0.465 e. The number of carbonyl (C=O) groups excluding carboxylic acids is 1. The highest BCUT2D eigenvalue weighted by atomic mass is 32.2. The summed E-state index contributed by atoms with van der Waals surface area (Å²) in [6.07, 6.45) is 0.970. The van der Waals surface area contributed by atoms with E-state index in [-0.39, 0.29) is 0 Å². The fourth-order valence-electron chi connectivity index (χ4n) is 0.324. The molecular weight excluding hydrogens is 210 g/mol. The first-order valence-corrected chi connectivity index (χ1v) is 4.30. The smallest absolute Gasteiger partial charge is 0.456 e. The molecule has 0 bridgehead atoms. The van der Waals surface area contributed by atoms with Crippen molar-refractivity contribution in [1.82, 2.24) is 0 Å². The van der Waals surface area contributed by atoms with Crippen LogP contribution in [0.5, 0.6) is 0 Å². The Bertz CT molecular complexity index is 307. The predicted molar refractivity (Wildman–Crippen MR) is 37.7 cm³/mol. The molecule has 0 fully saturated rings. The van der Waals surface area contributed by atoms with E-state index in [1.54, 1.807) is 0 Å². The first-order valence-electron chi connectivity index (χ1n) is 2.86. The van der Waals surface area contributed by atoms with Gasteiger partial charge >= 0.3 is 21.3 Å². The molecule has 13 heavy (non-hydrogen) atoms. The maximum absolute atomic E-state index is 12.3. The average molecular weight is 216 g/mol. The molecule has 1 N–H and O–H groups in total. The second kappa shape index (κ2) is 3.79. The molecular formula is C5H6F2O5S. The Balaban J connectivity index is 4.65. The zero-order valence-corrected chi connectivity index (χ0v) is 7.05. The van der Waals surface area contributed by atoms with Gasteiger partial charge in [0.1, 0.15) is 6.61 Å². The fraction of sp³-hybridized carbons (Fsp3) is 0.400. The van der Waals surface area contributed by atoms with E-state index in [1.807, 2.05) is 0 Å². The molecule has 0 spiro atoms. The van der Waals surface area contributed by atoms with Crippen molar-refractivity contribution in [3.8, 4) is 0 Å². The summed E-state index contributed by atoms with van der Waals surface area (Å²) < 4.78 is 56.1. The summed E-state index contributed by atoms with van der Waals surface area (Å²) in [5.41, 5.74) is 0. The third-order valence-corrected chi connectivity index (χ3v) is 1.71. The van der Waals surface area contributed by atoms with Gasteiger partial charge in [-0.25, -0.2) is 4.79 Å². The zero-order valence-electron chi connectivity index (χ0n) is 6.24. The molecule has 0 aliphatic heterocycles. The van der Waals surface area contributed by atoms with Crippen LogP contribution in [0, 0.1) is 0 Å². The predicted octanol–water partition coefficient (Wildman–Crippen LogP) is 0.196. The summed E-state index contributed by atoms with van der Waals surface area (Å²) in [6.45, 7) is 2.48. The van der Waals surface area contributed by atoms with Gasteiger partial charge in [-0.05, 0) is 0 Å². The molecule has 8 heteroatoms. The molecule has 0 aliphatic rings. The van der Waals surface area contributed by atoms with Gasteiger partial charge in [0.25, 0.3) is 0 Å². The number of hydrogen-bond acceptors (Lipinski definition) is 4. The molecule has 0 saturated heterocycles. The van der Waals surface area contributed by atoms with Crippen LogP contribution in [0.15, 0.2) is 12.7 Å². The van der Waals surface area contributed by atoms with Crippen LogP contribution < -0.4 is 0 Å². The summed E-state index contributed by atoms with van der Waals surface area (Å²) in [4.78, 5) is 10.3. The zero-order chi connectivity index (χ0) is 10.7. The lowest BCUT2D eigenvalue weighted by Gasteiger charge is -2.10. The molecule has 0 aliphatic carbocycles. The molecule has 76 valence electrons. The van der Waals surface area contributed by atoms with Crippen molar-refractivity contribution in [2.24, 2.45) is 0 Å². The highest BCUT2D eigenvalue weighted by Crippen LogP contribution is 2.21. The first-order chi connectivity index (χ1) is 5.73. The Morgan fingerprint density at radius 2 is 2.08 bits per heavy atom. The molecule has 0 radical (unpaired) electrons. The standard InChI is InChI=1S/C5H6F2O5S/c1-2-3-12-4(8)5(6,7)13(9,10)11/h2H,1,3H2,(H,9,10,11). The number of esters is 1. The Kier molecular flexibility index (Phi) is 3.50. The maximum Gasteiger partial charge on any atom is 0.465 e. The van der Waals surface area contributed by atoms with Crippen molar-refractivity contribution in [1.29, 1.82) is 0 Å². The van der Waals surface area contributed by atoms with Gasteiger partial charge in [-0.15, -0.1) is 0 Å². The number of carbonyl (C=O) groups is 1. The van der Waals surface area contributed by atoms with Crippen molar-refractivity contribution in [3.63, 3.8) is 0 Å². The van der Waals surface area contributed by atoms with E-state index >= 15 is 0 Å². The summed E-state index contributed by atoms with van der Waals surface area (Å²) in [7, 11) is -5.77. The van der Waals surface area contributed by atoms with Gasteiger partial charge in [0.15, 0.2) is 0 Å². The quantitative estimate of drug-likeness (QED) is 0.412. The van der Waals surface area contributed by atoms with E-state index in [4.69, 9.17) is 4.55 Å². The van der Waals surface area contributed by atoms with Crippen LogP contribution in [0.1, 0.15) is 0 Å². The van der Waals surface area contributed by atoms with Crippen molar-refractivity contribution in [2.75, 3.05) is 6.61 Å². The average Bonchev–Trinajstić information content (AvgIpc) is 1.97. The van der Waals surface area contributed by atoms with E-state index in [0.717, 1.165) is 6.08 Å². The van der Waals surface area contributed by atoms with Crippen LogP contribution in [-0.2, 0) is 19.6 Å². The number of halogens is 2. The molecule has 0 aromatic carbocycles. The molecule has 0 aromatic rings. The first kappa shape index (κ1) is 12.0. The lowest BCUT2D eigenvalue weighted by atomic mass is 10.6. The number of hydrogen-bond donors (Lipinski definition) is 1. The van der Waals surface area contributed by atoms with Gasteiger partial charge in [-0.1, -0.05) is 12.7 Å². The third kappa shape index (κ3) is 2.74. The highest BCUT2D eigenvalue weighted by Gasteiger charge is 2.54. The van der Waals surface area contributed by atoms with Crippen LogP contribution in [0.3, 0.4) is 0 Å². The molecule has 0 atom stereocenters. The minimum atomic E-state index is -5.77. The monoisotopic (exact) mass is 216 g/mol. The lowest BCUT2D eigenvalue weighted by Crippen LogP contribution is -2.38. The maximum atomic E-state index is 12.3. The molecule has 0 amide bonds. The second-order valence-corrected chi connectivity index (χ2v) is 3.34. The minimum Gasteiger partial charge on any atom is -0.456 e. The molecule has 0 aromatic heterocycles. The highest BCUT2D eigenvalue weighted by molar-refractivity contribution is 7.87. The Morgan fingerprint density at radius 1 is 1.62 bits per heavy atom. The van der Waals surface area contributed by atoms with E-state index in [2.05, 4.69) is 11.3 Å². The number of alkyl halides is 2. The third-order valence-electron chi connectivity index (χ3n) is 0.894. The molecule has 0 unspecified atom stereocenters. The van der Waals surface area contributed by atoms with Gasteiger partial charge in [-0.2, -0.15) is 17.2 Å². The molecule has 0 heterocycles. The van der Waals surface area contributed by atoms with Crippen LogP contribution >= 0.6 is 0 Å². The van der Waals surface area contributed by atoms with E-state index < -0.39 is 27.9 Å². The summed E-state index contributed by atoms with van der Waals surface area (Å²) >= 11 is 0. The minimum absolute atomic E-state index is 0.566. The second-order valence-electron chi connectivity index (χ2n) is 1.88. The Labute approximate surface area is 72.7 Å². The fourth-order valence-corrected chi connectivity index (χ4v) is 0.593. The summed E-state index contributed by atoms with van der Waals surface area (Å²) in [5, 5.41) is -4.93. The molecule has 0 rings (SSSR count). The van der Waals surface area contributed by atoms with E-state index in [1.165, 1.54) is 0 Å². The van der Waals surface area contributed by atoms with E-state index in [0.29, 0.717) is 0 Å². The lowest BCUT2D eigenvalue weighted by molar-refractivity contribution is -0.160. The van der Waals surface area contributed by atoms with Crippen LogP contribution in [0.25, 0.3) is 0 Å². The molecule has 5 nitrogen and oxygen atoms in total. The van der Waals surface area contributed by atoms with Crippen LogP contribution in [0.4, 0.5) is 8.78 Å². The SMILES string of the molecule is C=CCOC(=O)C(F)(F)S(=O)(=O)O. The topological polar surface area (TPSA) is 80.7 Å². The Hall–Kier alpha value is -1.02. The number of rotatable bonds is 4. The van der Waals surface area contributed by atoms with Gasteiger partial charge in [-0.3, -0.25) is 4.55 Å². The van der Waals surface area contributed by atoms with Crippen LogP contribution in [-0.4, -0.2) is 30.8 Å². The Morgan fingerprint density at radius 3 is 2.38 bits per heavy atom. The normalized spacial score (nSPS) is 12.2. The summed E-state index contributed by atoms with van der Waals surface area (Å²) in [6, 6.07) is 0. The van der Waals surface area contributed by atoms with Gasteiger partial charge in [0.2, 0.25) is 0 Å². The van der Waals surface area contributed by atoms with Gasteiger partial charge in [0.05, 0.1) is 0 Å². The van der Waals surface area contributed by atoms with E-state index in [9.17, 15) is 22.0 Å². The summed E-state index contributed by atoms with van der Waals surface area (Å²) in [5.74, 6) is -2.34. The van der Waals surface area contributed by atoms with Gasteiger partial charge in [0, 0.05) is 0 Å². The van der Waals surface area contributed by atoms with Crippen molar-refractivity contribution < 1.29 is 31.3 Å². The van der Waals surface area contributed by atoms with Crippen molar-refractivity contribution in [2.45, 2.75) is 5.25 Å². The van der Waals surface area contributed by atoms with Crippen LogP contribution in [0.2, 0.25) is 0 Å². The van der Waals surface area contributed by atoms with Crippen molar-refractivity contribution in [3.05, 3.63) is 12.7 Å². The van der Waals surface area contributed by atoms with Gasteiger partial charge < -0.3 is 4.74 Å². The molecule has 0 saturated carbocycles.